The second kappa shape index (κ2) is 9.69. The summed E-state index contributed by atoms with van der Waals surface area (Å²) in [5, 5.41) is 27.0. The van der Waals surface area contributed by atoms with E-state index < -0.39 is 5.97 Å². The first-order valence-electron chi connectivity index (χ1n) is 8.06. The topological polar surface area (TPSA) is 77.8 Å². The summed E-state index contributed by atoms with van der Waals surface area (Å²) in [5.74, 6) is -0.697. The lowest BCUT2D eigenvalue weighted by Gasteiger charge is -2.00. The SMILES string of the molecule is O=C(O)c1ccccc1.Oc1cc(O)cc(C/C=C/c2ccccc2)c1. The molecular weight excluding hydrogens is 328 g/mol. The molecule has 0 saturated carbocycles. The molecule has 0 radical (unpaired) electrons. The molecule has 3 rings (SSSR count). The molecule has 0 aliphatic rings. The predicted octanol–water partition coefficient (Wildman–Crippen LogP) is 4.74. The third kappa shape index (κ3) is 6.53. The van der Waals surface area contributed by atoms with Gasteiger partial charge in [0.05, 0.1) is 5.56 Å². The van der Waals surface area contributed by atoms with Crippen LogP contribution in [0.5, 0.6) is 11.5 Å². The van der Waals surface area contributed by atoms with Crippen molar-refractivity contribution in [2.75, 3.05) is 0 Å². The fourth-order valence-corrected chi connectivity index (χ4v) is 2.25. The third-order valence-corrected chi connectivity index (χ3v) is 3.45. The van der Waals surface area contributed by atoms with Crippen LogP contribution in [0, 0.1) is 0 Å². The van der Waals surface area contributed by atoms with Gasteiger partial charge in [0, 0.05) is 6.07 Å². The summed E-state index contributed by atoms with van der Waals surface area (Å²) in [6.07, 6.45) is 4.70. The lowest BCUT2D eigenvalue weighted by molar-refractivity contribution is 0.0697. The Balaban J connectivity index is 0.000000228. The van der Waals surface area contributed by atoms with Crippen LogP contribution in [0.3, 0.4) is 0 Å². The summed E-state index contributed by atoms with van der Waals surface area (Å²) in [5.41, 5.74) is 2.35. The van der Waals surface area contributed by atoms with E-state index in [1.54, 1.807) is 42.5 Å². The van der Waals surface area contributed by atoms with Gasteiger partial charge in [0.15, 0.2) is 0 Å². The molecule has 0 aliphatic carbocycles. The van der Waals surface area contributed by atoms with Crippen molar-refractivity contribution in [1.82, 2.24) is 0 Å². The van der Waals surface area contributed by atoms with E-state index in [-0.39, 0.29) is 11.5 Å². The van der Waals surface area contributed by atoms with Crippen molar-refractivity contribution in [3.8, 4) is 11.5 Å². The number of rotatable bonds is 4. The number of carbonyl (C=O) groups is 1. The second-order valence-corrected chi connectivity index (χ2v) is 5.55. The minimum absolute atomic E-state index is 0.0908. The largest absolute Gasteiger partial charge is 0.508 e. The Morgan fingerprint density at radius 1 is 0.808 bits per heavy atom. The van der Waals surface area contributed by atoms with Crippen LogP contribution in [0.1, 0.15) is 21.5 Å². The Bertz CT molecular complexity index is 836. The number of phenols is 2. The summed E-state index contributed by atoms with van der Waals surface area (Å²) in [4.78, 5) is 10.2. The van der Waals surface area contributed by atoms with Crippen LogP contribution >= 0.6 is 0 Å². The third-order valence-electron chi connectivity index (χ3n) is 3.45. The van der Waals surface area contributed by atoms with Gasteiger partial charge < -0.3 is 15.3 Å². The number of benzene rings is 3. The van der Waals surface area contributed by atoms with Gasteiger partial charge in [-0.1, -0.05) is 60.7 Å². The maximum atomic E-state index is 10.2. The lowest BCUT2D eigenvalue weighted by atomic mass is 10.1. The molecule has 26 heavy (non-hydrogen) atoms. The second-order valence-electron chi connectivity index (χ2n) is 5.55. The average Bonchev–Trinajstić information content (AvgIpc) is 2.63. The van der Waals surface area contributed by atoms with Crippen LogP contribution in [0.2, 0.25) is 0 Å². The van der Waals surface area contributed by atoms with Crippen molar-refractivity contribution in [2.24, 2.45) is 0 Å². The van der Waals surface area contributed by atoms with Gasteiger partial charge in [-0.05, 0) is 41.8 Å². The number of phenolic OH excluding ortho intramolecular Hbond substituents is 2. The highest BCUT2D eigenvalue weighted by Crippen LogP contribution is 2.21. The van der Waals surface area contributed by atoms with E-state index in [2.05, 4.69) is 0 Å². The van der Waals surface area contributed by atoms with Crippen molar-refractivity contribution in [3.05, 3.63) is 102 Å². The van der Waals surface area contributed by atoms with E-state index in [0.29, 0.717) is 12.0 Å². The molecule has 4 nitrogen and oxygen atoms in total. The van der Waals surface area contributed by atoms with E-state index in [0.717, 1.165) is 11.1 Å². The van der Waals surface area contributed by atoms with Gasteiger partial charge in [-0.2, -0.15) is 0 Å². The number of aromatic hydroxyl groups is 2. The standard InChI is InChI=1S/C15H14O2.C7H6O2/c16-14-9-13(10-15(17)11-14)8-4-7-12-5-2-1-3-6-12;8-7(9)6-4-2-1-3-5-6/h1-7,9-11,16-17H,8H2;1-5H,(H,8,9)/b7-4+;. The van der Waals surface area contributed by atoms with Crippen LogP contribution in [-0.4, -0.2) is 21.3 Å². The van der Waals surface area contributed by atoms with Crippen molar-refractivity contribution >= 4 is 12.0 Å². The van der Waals surface area contributed by atoms with E-state index in [1.807, 2.05) is 42.5 Å². The van der Waals surface area contributed by atoms with Gasteiger partial charge in [0.2, 0.25) is 0 Å². The first-order valence-corrected chi connectivity index (χ1v) is 8.06. The Labute approximate surface area is 152 Å². The highest BCUT2D eigenvalue weighted by molar-refractivity contribution is 5.87. The zero-order valence-electron chi connectivity index (χ0n) is 14.1. The first kappa shape index (κ1) is 18.8. The fourth-order valence-electron chi connectivity index (χ4n) is 2.25. The van der Waals surface area contributed by atoms with Crippen molar-refractivity contribution in [3.63, 3.8) is 0 Å². The molecule has 0 aromatic heterocycles. The molecule has 0 heterocycles. The normalized spacial score (nSPS) is 10.2. The molecule has 4 heteroatoms. The molecule has 0 atom stereocenters. The van der Waals surface area contributed by atoms with E-state index >= 15 is 0 Å². The summed E-state index contributed by atoms with van der Waals surface area (Å²) in [6, 6.07) is 22.9. The smallest absolute Gasteiger partial charge is 0.335 e. The first-order chi connectivity index (χ1) is 12.5. The van der Waals surface area contributed by atoms with Crippen LogP contribution in [0.15, 0.2) is 84.9 Å². The summed E-state index contributed by atoms with van der Waals surface area (Å²) >= 11 is 0. The molecule has 3 aromatic rings. The van der Waals surface area contributed by atoms with Crippen molar-refractivity contribution in [1.29, 1.82) is 0 Å². The summed E-state index contributed by atoms with van der Waals surface area (Å²) in [7, 11) is 0. The zero-order valence-corrected chi connectivity index (χ0v) is 14.1. The maximum absolute atomic E-state index is 10.2. The van der Waals surface area contributed by atoms with Crippen molar-refractivity contribution in [2.45, 2.75) is 6.42 Å². The average molecular weight is 348 g/mol. The molecule has 3 aromatic carbocycles. The zero-order chi connectivity index (χ0) is 18.8. The number of aromatic carboxylic acids is 1. The molecule has 3 N–H and O–H groups in total. The lowest BCUT2D eigenvalue weighted by Crippen LogP contribution is -1.93. The Hall–Kier alpha value is -3.53. The van der Waals surface area contributed by atoms with Crippen LogP contribution in [0.25, 0.3) is 6.08 Å². The Kier molecular flexibility index (Phi) is 7.01. The van der Waals surface area contributed by atoms with Gasteiger partial charge in [0.1, 0.15) is 11.5 Å². The van der Waals surface area contributed by atoms with E-state index in [9.17, 15) is 15.0 Å². The molecular formula is C22H20O4. The number of hydrogen-bond donors (Lipinski definition) is 3. The maximum Gasteiger partial charge on any atom is 0.335 e. The molecule has 0 saturated heterocycles. The van der Waals surface area contributed by atoms with Gasteiger partial charge in [-0.15, -0.1) is 0 Å². The molecule has 0 unspecified atom stereocenters. The van der Waals surface area contributed by atoms with Crippen LogP contribution in [-0.2, 0) is 6.42 Å². The molecule has 0 amide bonds. The molecule has 132 valence electrons. The number of hydrogen-bond acceptors (Lipinski definition) is 3. The van der Waals surface area contributed by atoms with E-state index in [1.165, 1.54) is 6.07 Å². The Morgan fingerprint density at radius 2 is 1.35 bits per heavy atom. The Morgan fingerprint density at radius 3 is 1.85 bits per heavy atom. The van der Waals surface area contributed by atoms with Crippen LogP contribution in [0.4, 0.5) is 0 Å². The van der Waals surface area contributed by atoms with Crippen LogP contribution < -0.4 is 0 Å². The minimum Gasteiger partial charge on any atom is -0.508 e. The minimum atomic E-state index is -0.879. The predicted molar refractivity (Wildman–Crippen MR) is 102 cm³/mol. The fraction of sp³-hybridized carbons (Fsp3) is 0.0455. The summed E-state index contributed by atoms with van der Waals surface area (Å²) < 4.78 is 0. The van der Waals surface area contributed by atoms with Gasteiger partial charge in [-0.25, -0.2) is 4.79 Å². The molecule has 0 bridgehead atoms. The monoisotopic (exact) mass is 348 g/mol. The van der Waals surface area contributed by atoms with E-state index in [4.69, 9.17) is 5.11 Å². The quantitative estimate of drug-likeness (QED) is 0.636. The molecule has 0 fully saturated rings. The van der Waals surface area contributed by atoms with Crippen molar-refractivity contribution < 1.29 is 20.1 Å². The number of carboxylic acids is 1. The molecule has 0 aliphatic heterocycles. The number of allylic oxidation sites excluding steroid dienone is 1. The summed E-state index contributed by atoms with van der Waals surface area (Å²) in [6.45, 7) is 0. The molecule has 0 spiro atoms. The number of carboxylic acid groups (broad SMARTS) is 1. The van der Waals surface area contributed by atoms with Gasteiger partial charge in [0.25, 0.3) is 0 Å². The highest BCUT2D eigenvalue weighted by Gasteiger charge is 1.97. The van der Waals surface area contributed by atoms with Gasteiger partial charge >= 0.3 is 5.97 Å². The van der Waals surface area contributed by atoms with Gasteiger partial charge in [-0.3, -0.25) is 0 Å². The highest BCUT2D eigenvalue weighted by atomic mass is 16.4.